The van der Waals surface area contributed by atoms with Crippen molar-refractivity contribution in [3.05, 3.63) is 79.6 Å². The van der Waals surface area contributed by atoms with Crippen LogP contribution in [0.25, 0.3) is 22.2 Å². The van der Waals surface area contributed by atoms with Gasteiger partial charge < -0.3 is 10.2 Å². The Morgan fingerprint density at radius 3 is 2.33 bits per heavy atom. The van der Waals surface area contributed by atoms with Crippen LogP contribution in [0.5, 0.6) is 0 Å². The number of aromatic nitrogens is 3. The first-order chi connectivity index (χ1) is 15.6. The van der Waals surface area contributed by atoms with Gasteiger partial charge in [-0.2, -0.15) is 18.2 Å². The molecule has 0 aliphatic rings. The van der Waals surface area contributed by atoms with E-state index >= 15 is 0 Å². The van der Waals surface area contributed by atoms with E-state index in [1.807, 2.05) is 0 Å². The molecule has 4 aromatic rings. The summed E-state index contributed by atoms with van der Waals surface area (Å²) >= 11 is 18.3. The van der Waals surface area contributed by atoms with Gasteiger partial charge >= 0.3 is 6.18 Å². The average Bonchev–Trinajstić information content (AvgIpc) is 2.73. The molecule has 0 unspecified atom stereocenters. The maximum atomic E-state index is 13.1. The van der Waals surface area contributed by atoms with E-state index in [4.69, 9.17) is 39.6 Å². The topological polar surface area (TPSA) is 69.0 Å². The van der Waals surface area contributed by atoms with Crippen LogP contribution < -0.4 is 15.7 Å². The molecule has 0 fully saturated rings. The van der Waals surface area contributed by atoms with Gasteiger partial charge in [0, 0.05) is 22.8 Å². The van der Waals surface area contributed by atoms with Gasteiger partial charge in [0.15, 0.2) is 5.65 Å². The number of anilines is 2. The van der Waals surface area contributed by atoms with E-state index in [2.05, 4.69) is 15.3 Å². The van der Waals surface area contributed by atoms with Crippen molar-refractivity contribution < 1.29 is 18.0 Å². The molecule has 33 heavy (non-hydrogen) atoms. The van der Waals surface area contributed by atoms with E-state index in [-0.39, 0.29) is 32.9 Å². The Kier molecular flexibility index (Phi) is 6.13. The van der Waals surface area contributed by atoms with Gasteiger partial charge in [0.05, 0.1) is 26.2 Å². The summed E-state index contributed by atoms with van der Waals surface area (Å²) in [5.74, 6) is 0.00653. The van der Waals surface area contributed by atoms with Gasteiger partial charge in [0.1, 0.15) is 7.11 Å². The number of pyridine rings is 1. The Morgan fingerprint density at radius 1 is 1.03 bits per heavy atom. The van der Waals surface area contributed by atoms with Crippen LogP contribution in [0.2, 0.25) is 15.1 Å². The molecule has 0 saturated carbocycles. The molecule has 6 nitrogen and oxygen atoms in total. The Bertz CT molecular complexity index is 1420. The fraction of sp³-hybridized carbons (Fsp3) is 0.0952. The lowest BCUT2D eigenvalue weighted by Crippen LogP contribution is -2.27. The molecule has 0 aliphatic carbocycles. The Labute approximate surface area is 199 Å². The van der Waals surface area contributed by atoms with Gasteiger partial charge in [-0.25, -0.2) is 4.98 Å². The lowest BCUT2D eigenvalue weighted by atomic mass is 10.1. The summed E-state index contributed by atoms with van der Waals surface area (Å²) in [5, 5.41) is 3.27. The number of fused-ring (bicyclic) bond motifs is 1. The Morgan fingerprint density at radius 2 is 1.73 bits per heavy atom. The van der Waals surface area contributed by atoms with Crippen LogP contribution >= 0.6 is 34.8 Å². The number of hydrogen-bond acceptors (Lipinski definition) is 5. The van der Waals surface area contributed by atoms with Crippen LogP contribution in [-0.2, 0) is 6.18 Å². The van der Waals surface area contributed by atoms with E-state index in [1.54, 1.807) is 18.2 Å². The number of nitrogens with one attached hydrogen (secondary N) is 1. The summed E-state index contributed by atoms with van der Waals surface area (Å²) in [7, 11) is 1.28. The fourth-order valence-corrected chi connectivity index (χ4v) is 4.07. The standard InChI is InChI=1S/C21H12Cl3F3N4O2/c1-33-31-18-10(7-12(19(31)32)17-14(22)3-2-4-15(17)23)9-28-20(30-18)29-11-5-6-13(16(24)8-11)21(25,26)27/h2-9H,1H3,(H,28,29,30). The second kappa shape index (κ2) is 8.74. The van der Waals surface area contributed by atoms with Gasteiger partial charge in [-0.3, -0.25) is 4.79 Å². The molecule has 0 bridgehead atoms. The number of rotatable bonds is 4. The van der Waals surface area contributed by atoms with Crippen LogP contribution in [0.1, 0.15) is 5.56 Å². The number of hydrogen-bond donors (Lipinski definition) is 1. The predicted octanol–water partition coefficient (Wildman–Crippen LogP) is 6.24. The highest BCUT2D eigenvalue weighted by atomic mass is 35.5. The molecule has 0 saturated heterocycles. The largest absolute Gasteiger partial charge is 0.417 e. The van der Waals surface area contributed by atoms with Crippen molar-refractivity contribution in [2.45, 2.75) is 6.18 Å². The van der Waals surface area contributed by atoms with E-state index in [0.29, 0.717) is 10.9 Å². The quantitative estimate of drug-likeness (QED) is 0.348. The van der Waals surface area contributed by atoms with Gasteiger partial charge in [-0.05, 0) is 36.4 Å². The number of alkyl halides is 3. The second-order valence-corrected chi connectivity index (χ2v) is 7.95. The van der Waals surface area contributed by atoms with Gasteiger partial charge in [0.2, 0.25) is 5.95 Å². The maximum Gasteiger partial charge on any atom is 0.417 e. The van der Waals surface area contributed by atoms with Crippen molar-refractivity contribution in [2.75, 3.05) is 12.4 Å². The molecular formula is C21H12Cl3F3N4O2. The van der Waals surface area contributed by atoms with E-state index in [0.717, 1.165) is 16.9 Å². The molecule has 170 valence electrons. The van der Waals surface area contributed by atoms with Crippen LogP contribution in [0.15, 0.2) is 53.5 Å². The Hall–Kier alpha value is -3.01. The van der Waals surface area contributed by atoms with Crippen molar-refractivity contribution in [1.29, 1.82) is 0 Å². The zero-order valence-electron chi connectivity index (χ0n) is 16.5. The van der Waals surface area contributed by atoms with Crippen LogP contribution in [0.3, 0.4) is 0 Å². The minimum atomic E-state index is -4.58. The molecule has 0 spiro atoms. The third-order valence-corrected chi connectivity index (χ3v) is 5.59. The van der Waals surface area contributed by atoms with Gasteiger partial charge in [-0.15, -0.1) is 4.73 Å². The van der Waals surface area contributed by atoms with E-state index < -0.39 is 22.3 Å². The number of benzene rings is 2. The third kappa shape index (κ3) is 4.44. The zero-order chi connectivity index (χ0) is 23.9. The van der Waals surface area contributed by atoms with Crippen molar-refractivity contribution in [1.82, 2.24) is 14.7 Å². The van der Waals surface area contributed by atoms with E-state index in [9.17, 15) is 18.0 Å². The first kappa shape index (κ1) is 23.2. The molecular weight excluding hydrogens is 504 g/mol. The molecule has 0 atom stereocenters. The molecule has 1 N–H and O–H groups in total. The molecule has 0 aliphatic heterocycles. The lowest BCUT2D eigenvalue weighted by molar-refractivity contribution is -0.137. The maximum absolute atomic E-state index is 13.1. The first-order valence-electron chi connectivity index (χ1n) is 9.15. The van der Waals surface area contributed by atoms with E-state index in [1.165, 1.54) is 25.4 Å². The summed E-state index contributed by atoms with van der Waals surface area (Å²) < 4.78 is 39.7. The SMILES string of the molecule is COn1c(=O)c(-c2c(Cl)cccc2Cl)cc2cnc(Nc3ccc(C(F)(F)F)c(Cl)c3)nc21. The van der Waals surface area contributed by atoms with Crippen molar-refractivity contribution in [3.8, 4) is 11.1 Å². The predicted molar refractivity (Wildman–Crippen MR) is 121 cm³/mol. The van der Waals surface area contributed by atoms with Crippen molar-refractivity contribution >= 4 is 57.5 Å². The molecule has 0 radical (unpaired) electrons. The van der Waals surface area contributed by atoms with Crippen molar-refractivity contribution in [2.24, 2.45) is 0 Å². The summed E-state index contributed by atoms with van der Waals surface area (Å²) in [5.41, 5.74) is -0.683. The van der Waals surface area contributed by atoms with Crippen molar-refractivity contribution in [3.63, 3.8) is 0 Å². The van der Waals surface area contributed by atoms with Gasteiger partial charge in [0.25, 0.3) is 5.56 Å². The van der Waals surface area contributed by atoms with Gasteiger partial charge in [-0.1, -0.05) is 40.9 Å². The zero-order valence-corrected chi connectivity index (χ0v) is 18.8. The second-order valence-electron chi connectivity index (χ2n) is 6.73. The first-order valence-corrected chi connectivity index (χ1v) is 10.3. The molecule has 12 heteroatoms. The molecule has 4 rings (SSSR count). The number of halogens is 6. The smallest absolute Gasteiger partial charge is 0.412 e. The third-order valence-electron chi connectivity index (χ3n) is 4.65. The Balaban J connectivity index is 1.79. The highest BCUT2D eigenvalue weighted by Gasteiger charge is 2.33. The minimum Gasteiger partial charge on any atom is -0.412 e. The average molecular weight is 516 g/mol. The summed E-state index contributed by atoms with van der Waals surface area (Å²) in [6.07, 6.45) is -3.16. The summed E-state index contributed by atoms with van der Waals surface area (Å²) in [6.45, 7) is 0. The summed E-state index contributed by atoms with van der Waals surface area (Å²) in [4.78, 5) is 26.7. The highest BCUT2D eigenvalue weighted by molar-refractivity contribution is 6.39. The van der Waals surface area contributed by atoms with Crippen LogP contribution in [0.4, 0.5) is 24.8 Å². The van der Waals surface area contributed by atoms with Crippen LogP contribution in [-0.4, -0.2) is 21.8 Å². The number of nitrogens with zero attached hydrogens (tertiary/aromatic N) is 3. The molecule has 2 aromatic heterocycles. The highest BCUT2D eigenvalue weighted by Crippen LogP contribution is 2.36. The molecule has 2 heterocycles. The molecule has 2 aromatic carbocycles. The lowest BCUT2D eigenvalue weighted by Gasteiger charge is -2.14. The minimum absolute atomic E-state index is 0.00653. The summed E-state index contributed by atoms with van der Waals surface area (Å²) in [6, 6.07) is 9.51. The fourth-order valence-electron chi connectivity index (χ4n) is 3.19. The monoisotopic (exact) mass is 514 g/mol. The van der Waals surface area contributed by atoms with Crippen LogP contribution in [0, 0.1) is 0 Å². The molecule has 0 amide bonds. The normalized spacial score (nSPS) is 11.6.